The fraction of sp³-hybridized carbons (Fsp3) is 0.717. The van der Waals surface area contributed by atoms with E-state index >= 15 is 0 Å². The quantitative estimate of drug-likeness (QED) is 0.0229. The Bertz CT molecular complexity index is 4950. The van der Waals surface area contributed by atoms with Crippen LogP contribution in [-0.4, -0.2) is 248 Å². The molecule has 148 heavy (non-hydrogen) atoms. The first-order valence-corrected chi connectivity index (χ1v) is 55.2. The molecule has 0 spiro atoms. The predicted molar refractivity (Wildman–Crippen MR) is 608 cm³/mol. The molecule has 10 aromatic heterocycles. The van der Waals surface area contributed by atoms with E-state index in [4.69, 9.17) is 5.11 Å². The van der Waals surface area contributed by atoms with Crippen molar-refractivity contribution >= 4 is 11.9 Å². The number of rotatable bonds is 27. The molecule has 10 N–H and O–H groups in total. The van der Waals surface area contributed by atoms with E-state index < -0.39 is 5.97 Å². The Labute approximate surface area is 893 Å². The Morgan fingerprint density at radius 1 is 0.392 bits per heavy atom. The molecular formula is C113H206N32O3. The number of carbonyl (C=O) groups excluding carboxylic acids is 1. The van der Waals surface area contributed by atoms with Crippen LogP contribution < -0.4 is 47.9 Å². The first kappa shape index (κ1) is 129. The Balaban J connectivity index is 0.000000284. The van der Waals surface area contributed by atoms with Gasteiger partial charge < -0.3 is 67.3 Å². The van der Waals surface area contributed by atoms with E-state index in [-0.39, 0.29) is 51.1 Å². The summed E-state index contributed by atoms with van der Waals surface area (Å²) in [6, 6.07) is 5.54. The summed E-state index contributed by atoms with van der Waals surface area (Å²) < 4.78 is 19.8. The molecule has 0 aromatic carbocycles. The minimum absolute atomic E-state index is 0.0878. The third-order valence-corrected chi connectivity index (χ3v) is 26.0. The van der Waals surface area contributed by atoms with E-state index in [0.29, 0.717) is 54.4 Å². The lowest BCUT2D eigenvalue weighted by Gasteiger charge is -2.29. The third-order valence-electron chi connectivity index (χ3n) is 26.0. The van der Waals surface area contributed by atoms with Crippen molar-refractivity contribution in [2.75, 3.05) is 100 Å². The Hall–Kier alpha value is -9.40. The highest BCUT2D eigenvalue weighted by molar-refractivity contribution is 5.86. The third kappa shape index (κ3) is 47.6. The van der Waals surface area contributed by atoms with Gasteiger partial charge in [-0.15, -0.1) is 0 Å². The van der Waals surface area contributed by atoms with Crippen molar-refractivity contribution < 1.29 is 14.7 Å². The van der Waals surface area contributed by atoms with Crippen LogP contribution in [0.2, 0.25) is 0 Å². The molecule has 836 valence electrons. The minimum Gasteiger partial charge on any atom is -0.478 e. The van der Waals surface area contributed by atoms with Crippen molar-refractivity contribution in [3.8, 4) is 0 Å². The van der Waals surface area contributed by atoms with E-state index in [2.05, 4.69) is 388 Å². The number of carbonyl (C=O) groups is 2. The highest BCUT2D eigenvalue weighted by Crippen LogP contribution is 2.29. The van der Waals surface area contributed by atoms with Crippen LogP contribution in [0.3, 0.4) is 0 Å². The van der Waals surface area contributed by atoms with Gasteiger partial charge in [-0.25, -0.2) is 9.78 Å². The number of aryl methyl sites for hydroxylation is 1. The maximum Gasteiger partial charge on any atom is 0.338 e. The lowest BCUT2D eigenvalue weighted by molar-refractivity contribution is -0.124. The summed E-state index contributed by atoms with van der Waals surface area (Å²) in [5, 5.41) is 76.2. The van der Waals surface area contributed by atoms with Crippen LogP contribution in [0.1, 0.15) is 395 Å². The van der Waals surface area contributed by atoms with E-state index in [1.807, 2.05) is 128 Å². The van der Waals surface area contributed by atoms with Crippen LogP contribution in [0.4, 0.5) is 0 Å². The molecule has 0 saturated carbocycles. The number of nitrogens with one attached hydrogen (secondary N) is 9. The molecule has 16 heterocycles. The highest BCUT2D eigenvalue weighted by Gasteiger charge is 2.30. The molecule has 6 aliphatic heterocycles. The van der Waals surface area contributed by atoms with Crippen LogP contribution in [-0.2, 0) is 71.6 Å². The van der Waals surface area contributed by atoms with E-state index in [0.717, 1.165) is 102 Å². The maximum atomic E-state index is 11.2. The first-order chi connectivity index (χ1) is 69.6. The summed E-state index contributed by atoms with van der Waals surface area (Å²) in [5.41, 5.74) is 12.2. The molecule has 6 fully saturated rings. The number of carboxylic acid groups (broad SMARTS) is 1. The zero-order valence-corrected chi connectivity index (χ0v) is 99.0. The van der Waals surface area contributed by atoms with Gasteiger partial charge in [-0.05, 0) is 357 Å². The Morgan fingerprint density at radius 3 is 1.09 bits per heavy atom. The second-order valence-electron chi connectivity index (χ2n) is 47.2. The molecule has 5 atom stereocenters. The lowest BCUT2D eigenvalue weighted by Crippen LogP contribution is -2.36. The standard InChI is InChI=1S/3C11H19N3.C10H17N3.2C10H19N3.C9H18N2O.C9H20N2.C9H16N2.2C8H15N3.C7H10N2O2/c3*1-11(2,3)14-8-9(7-13-14)10-5-4-6-12-10;1-9(2)13-8-10(6-11-13)7-12-4-3-5-12;1-8(2)11-5-10-6-12-13(7-10)9(3)4;1-5-11-6-9-7-12-13(8-9)10(2,3)4;1-7(2)11-5-4-8(6-11)9(12)10-3;1-8(2)11-5-4-9(7-11)6-10-3;1-5-8-6-10-11(7-8)9(2,3)4;1-7(2)11-5-8(4-9-3)10-6-11;1-7(2)11-6-8(4-9-3)5-10-11;1-5(2)9-4-6(3-8-9)7(10)11/h3*7-8,10,12H,4-6H2,1-3H3;6,8-9H,3-5,7H2,1-2H3;6-9,11H,5H2,1-4H3;7-8,11H,5-6H2,1-4H3;7-8H,4-6H2,1-3H3,(H,10,12);8-10H,4-7H2,1-3H3;6-7H,5H2,1-4H3;2*5-7,9H,4H2,1-3H3;3-5H,1-2H3,(H,10,11)/t2*10-;;;;;;;;;;/m10........../s1. The van der Waals surface area contributed by atoms with Crippen molar-refractivity contribution in [3.63, 3.8) is 0 Å². The average molecular weight is 2060 g/mol. The molecule has 0 radical (unpaired) electrons. The number of nitrogens with zero attached hydrogens (tertiary/aromatic N) is 23. The molecule has 6 aliphatic rings. The molecule has 0 bridgehead atoms. The number of aromatic nitrogens is 20. The van der Waals surface area contributed by atoms with Gasteiger partial charge in [-0.1, -0.05) is 27.7 Å². The highest BCUT2D eigenvalue weighted by atomic mass is 16.4. The molecule has 35 heteroatoms. The van der Waals surface area contributed by atoms with Gasteiger partial charge in [0, 0.05) is 220 Å². The molecule has 16 rings (SSSR count). The van der Waals surface area contributed by atoms with E-state index in [9.17, 15) is 9.59 Å². The van der Waals surface area contributed by atoms with Gasteiger partial charge in [0.1, 0.15) is 0 Å². The average Bonchev–Trinajstić information content (AvgIpc) is 1.69. The van der Waals surface area contributed by atoms with Gasteiger partial charge in [0.2, 0.25) is 5.91 Å². The Morgan fingerprint density at radius 2 is 0.777 bits per heavy atom. The summed E-state index contributed by atoms with van der Waals surface area (Å²) in [6.07, 6.45) is 51.9. The van der Waals surface area contributed by atoms with Crippen molar-refractivity contribution in [2.24, 2.45) is 11.8 Å². The zero-order valence-electron chi connectivity index (χ0n) is 99.0. The van der Waals surface area contributed by atoms with Crippen molar-refractivity contribution in [2.45, 2.75) is 420 Å². The van der Waals surface area contributed by atoms with Crippen LogP contribution in [0.25, 0.3) is 0 Å². The fourth-order valence-electron chi connectivity index (χ4n) is 16.2. The summed E-state index contributed by atoms with van der Waals surface area (Å²) in [7, 11) is 7.61. The normalized spacial score (nSPS) is 17.4. The second kappa shape index (κ2) is 64.4. The Kier molecular flexibility index (Phi) is 56.2. The lowest BCUT2D eigenvalue weighted by atomic mass is 10.1. The van der Waals surface area contributed by atoms with Gasteiger partial charge in [0.25, 0.3) is 0 Å². The molecule has 3 unspecified atom stereocenters. The number of imidazole rings is 1. The molecular weight excluding hydrogens is 1850 g/mol. The fourth-order valence-corrected chi connectivity index (χ4v) is 16.2. The largest absolute Gasteiger partial charge is 0.478 e. The maximum absolute atomic E-state index is 11.2. The number of carboxylic acids is 1. The van der Waals surface area contributed by atoms with Crippen LogP contribution in [0, 0.1) is 11.8 Å². The van der Waals surface area contributed by atoms with Gasteiger partial charge in [-0.3, -0.25) is 51.8 Å². The van der Waals surface area contributed by atoms with E-state index in [1.165, 1.54) is 141 Å². The number of aromatic carboxylic acids is 1. The second-order valence-corrected chi connectivity index (χ2v) is 47.2. The predicted octanol–water partition coefficient (Wildman–Crippen LogP) is 18.7. The summed E-state index contributed by atoms with van der Waals surface area (Å²) >= 11 is 0. The topological polar surface area (TPSA) is 351 Å². The SMILES string of the molecule is CC(C)(C)n1cc(C2CCCN2)cn1.CC(C)(C)n1cc([C@@H]2CCCN2)cn1.CC(C)(C)n1cc([C@H]2CCCN2)cn1.CC(C)NCc1cnn(C(C)C)c1.CC(C)n1cc(C(=O)O)cn1.CC(C)n1cc(CN2CCC2)cn1.CCNCc1cnn(C(C)(C)C)c1.CCc1cnn(C(C)(C)C)c1.CNC(=O)C1CCN(C(C)C)C1.CNCC1CCN(C(C)C)C1.CNCc1cn(C(C)C)cn1.CNCc1cnn(C(C)C)c1. The van der Waals surface area contributed by atoms with E-state index in [1.54, 1.807) is 11.7 Å². The summed E-state index contributed by atoms with van der Waals surface area (Å²) in [5.74, 6) is 0.370. The van der Waals surface area contributed by atoms with Gasteiger partial charge >= 0.3 is 5.97 Å². The van der Waals surface area contributed by atoms with Crippen LogP contribution in [0.15, 0.2) is 124 Å². The number of amides is 1. The molecule has 1 amide bonds. The summed E-state index contributed by atoms with van der Waals surface area (Å²) in [4.78, 5) is 33.2. The smallest absolute Gasteiger partial charge is 0.338 e. The number of hydrogen-bond donors (Lipinski definition) is 10. The molecule has 10 aromatic rings. The van der Waals surface area contributed by atoms with Gasteiger partial charge in [0.15, 0.2) is 0 Å². The van der Waals surface area contributed by atoms with Gasteiger partial charge in [0.05, 0.1) is 107 Å². The van der Waals surface area contributed by atoms with Crippen molar-refractivity contribution in [1.82, 2.24) is 160 Å². The monoisotopic (exact) mass is 2060 g/mol. The van der Waals surface area contributed by atoms with Crippen LogP contribution >= 0.6 is 0 Å². The van der Waals surface area contributed by atoms with Crippen molar-refractivity contribution in [1.29, 1.82) is 0 Å². The molecule has 35 nitrogen and oxygen atoms in total. The first-order valence-electron chi connectivity index (χ1n) is 55.2. The van der Waals surface area contributed by atoms with Gasteiger partial charge in [-0.2, -0.15) is 45.9 Å². The summed E-state index contributed by atoms with van der Waals surface area (Å²) in [6.45, 7) is 88.2. The van der Waals surface area contributed by atoms with Crippen molar-refractivity contribution in [3.05, 3.63) is 180 Å². The molecule has 0 aliphatic carbocycles. The van der Waals surface area contributed by atoms with Crippen LogP contribution in [0.5, 0.6) is 0 Å². The minimum atomic E-state index is -0.933. The number of hydrogen-bond acceptors (Lipinski definition) is 23. The number of likely N-dealkylation sites (tertiary alicyclic amines) is 3. The molecule has 6 saturated heterocycles. The zero-order chi connectivity index (χ0) is 110.